The molecule has 90 valence electrons. The number of aromatic nitrogens is 3. The van der Waals surface area contributed by atoms with Crippen molar-refractivity contribution in [2.45, 2.75) is 18.9 Å². The Morgan fingerprint density at radius 3 is 3.06 bits per heavy atom. The van der Waals surface area contributed by atoms with Crippen LogP contribution in [-0.4, -0.2) is 33.7 Å². The Hall–Kier alpha value is -1.33. The predicted octanol–water partition coefficient (Wildman–Crippen LogP) is 1.55. The lowest BCUT2D eigenvalue weighted by molar-refractivity contribution is 0.699. The van der Waals surface area contributed by atoms with Crippen LogP contribution in [0.25, 0.3) is 5.65 Å². The lowest BCUT2D eigenvalue weighted by Crippen LogP contribution is -2.24. The van der Waals surface area contributed by atoms with Gasteiger partial charge >= 0.3 is 0 Å². The summed E-state index contributed by atoms with van der Waals surface area (Å²) in [5, 5.41) is 11.6. The molecular weight excluding hydrogens is 238 g/mol. The van der Waals surface area contributed by atoms with Crippen LogP contribution < -0.4 is 10.6 Å². The maximum Gasteiger partial charge on any atom is 0.243 e. The second-order valence-electron chi connectivity index (χ2n) is 4.24. The van der Waals surface area contributed by atoms with Gasteiger partial charge in [-0.25, -0.2) is 4.52 Å². The second kappa shape index (κ2) is 4.50. The van der Waals surface area contributed by atoms with E-state index in [1.807, 2.05) is 12.1 Å². The van der Waals surface area contributed by atoms with Crippen LogP contribution in [0.3, 0.4) is 0 Å². The molecule has 1 saturated carbocycles. The molecule has 17 heavy (non-hydrogen) atoms. The molecule has 0 spiro atoms. The predicted molar refractivity (Wildman–Crippen MR) is 67.5 cm³/mol. The van der Waals surface area contributed by atoms with Crippen LogP contribution >= 0.6 is 11.6 Å². The Labute approximate surface area is 104 Å². The van der Waals surface area contributed by atoms with E-state index in [1.165, 1.54) is 12.8 Å². The van der Waals surface area contributed by atoms with Crippen LogP contribution in [0.15, 0.2) is 18.3 Å². The van der Waals surface area contributed by atoms with Crippen LogP contribution in [0, 0.1) is 0 Å². The first-order chi connectivity index (χ1) is 8.31. The van der Waals surface area contributed by atoms with Gasteiger partial charge in [0.25, 0.3) is 0 Å². The normalized spacial score (nSPS) is 15.4. The van der Waals surface area contributed by atoms with Crippen molar-refractivity contribution < 1.29 is 0 Å². The zero-order valence-corrected chi connectivity index (χ0v) is 10.1. The van der Waals surface area contributed by atoms with E-state index < -0.39 is 0 Å². The summed E-state index contributed by atoms with van der Waals surface area (Å²) in [6, 6.07) is 4.40. The Kier molecular flexibility index (Phi) is 2.86. The largest absolute Gasteiger partial charge is 0.352 e. The minimum atomic E-state index is 0.643. The van der Waals surface area contributed by atoms with Gasteiger partial charge in [0.15, 0.2) is 5.65 Å². The lowest BCUT2D eigenvalue weighted by Gasteiger charge is -2.02. The molecule has 6 heteroatoms. The smallest absolute Gasteiger partial charge is 0.243 e. The Bertz CT molecular complexity index is 520. The van der Waals surface area contributed by atoms with E-state index in [-0.39, 0.29) is 0 Å². The number of fused-ring (bicyclic) bond motifs is 1. The zero-order chi connectivity index (χ0) is 11.7. The molecule has 1 aliphatic rings. The average Bonchev–Trinajstić information content (AvgIpc) is 3.04. The van der Waals surface area contributed by atoms with E-state index in [0.717, 1.165) is 24.8 Å². The summed E-state index contributed by atoms with van der Waals surface area (Å²) in [5.41, 5.74) is 0.798. The molecule has 1 fully saturated rings. The fourth-order valence-corrected chi connectivity index (χ4v) is 1.83. The first kappa shape index (κ1) is 10.8. The van der Waals surface area contributed by atoms with Crippen LogP contribution in [0.2, 0.25) is 5.02 Å². The van der Waals surface area contributed by atoms with Crippen LogP contribution in [0.5, 0.6) is 0 Å². The van der Waals surface area contributed by atoms with Crippen molar-refractivity contribution in [3.05, 3.63) is 23.4 Å². The summed E-state index contributed by atoms with van der Waals surface area (Å²) in [6.45, 7) is 1.78. The molecule has 0 atom stereocenters. The van der Waals surface area contributed by atoms with Crippen molar-refractivity contribution in [2.75, 3.05) is 18.4 Å². The maximum atomic E-state index is 5.88. The second-order valence-corrected chi connectivity index (χ2v) is 4.68. The summed E-state index contributed by atoms with van der Waals surface area (Å²) in [6.07, 6.45) is 4.37. The highest BCUT2D eigenvalue weighted by Gasteiger charge is 2.19. The minimum absolute atomic E-state index is 0.643. The molecule has 0 amide bonds. The quantitative estimate of drug-likeness (QED) is 0.792. The van der Waals surface area contributed by atoms with Gasteiger partial charge in [-0.05, 0) is 25.0 Å². The molecule has 2 aromatic heterocycles. The molecule has 0 unspecified atom stereocenters. The number of pyridine rings is 1. The molecule has 0 bridgehead atoms. The molecule has 2 heterocycles. The number of halogens is 1. The Morgan fingerprint density at radius 1 is 1.35 bits per heavy atom. The van der Waals surface area contributed by atoms with Crippen molar-refractivity contribution in [3.8, 4) is 0 Å². The van der Waals surface area contributed by atoms with E-state index in [1.54, 1.807) is 10.7 Å². The van der Waals surface area contributed by atoms with Crippen molar-refractivity contribution >= 4 is 23.2 Å². The van der Waals surface area contributed by atoms with E-state index in [9.17, 15) is 0 Å². The molecule has 2 aromatic rings. The lowest BCUT2D eigenvalue weighted by atomic mass is 10.5. The van der Waals surface area contributed by atoms with E-state index in [0.29, 0.717) is 11.0 Å². The molecule has 0 aromatic carbocycles. The highest BCUT2D eigenvalue weighted by Crippen LogP contribution is 2.18. The van der Waals surface area contributed by atoms with Gasteiger partial charge in [-0.1, -0.05) is 11.6 Å². The number of anilines is 1. The van der Waals surface area contributed by atoms with E-state index >= 15 is 0 Å². The topological polar surface area (TPSA) is 54.2 Å². The minimum Gasteiger partial charge on any atom is -0.352 e. The van der Waals surface area contributed by atoms with Gasteiger partial charge in [0.2, 0.25) is 5.95 Å². The molecule has 1 aliphatic carbocycles. The number of rotatable bonds is 5. The highest BCUT2D eigenvalue weighted by molar-refractivity contribution is 6.30. The summed E-state index contributed by atoms with van der Waals surface area (Å²) in [7, 11) is 0. The average molecular weight is 252 g/mol. The monoisotopic (exact) mass is 251 g/mol. The summed E-state index contributed by atoms with van der Waals surface area (Å²) in [5.74, 6) is 0.643. The van der Waals surface area contributed by atoms with Gasteiger partial charge in [0, 0.05) is 25.3 Å². The third-order valence-corrected chi connectivity index (χ3v) is 2.94. The number of nitrogens with one attached hydrogen (secondary N) is 2. The fraction of sp³-hybridized carbons (Fsp3) is 0.455. The van der Waals surface area contributed by atoms with Crippen LogP contribution in [0.4, 0.5) is 5.95 Å². The first-order valence-corrected chi connectivity index (χ1v) is 6.18. The van der Waals surface area contributed by atoms with Crippen LogP contribution in [-0.2, 0) is 0 Å². The molecule has 0 saturated heterocycles. The summed E-state index contributed by atoms with van der Waals surface area (Å²) < 4.78 is 1.68. The van der Waals surface area contributed by atoms with Crippen molar-refractivity contribution in [1.29, 1.82) is 0 Å². The van der Waals surface area contributed by atoms with Gasteiger partial charge in [-0.15, -0.1) is 5.10 Å². The van der Waals surface area contributed by atoms with Gasteiger partial charge in [0.05, 0.1) is 5.02 Å². The van der Waals surface area contributed by atoms with Gasteiger partial charge in [-0.2, -0.15) is 4.98 Å². The van der Waals surface area contributed by atoms with E-state index in [2.05, 4.69) is 20.7 Å². The summed E-state index contributed by atoms with van der Waals surface area (Å²) in [4.78, 5) is 4.34. The van der Waals surface area contributed by atoms with Gasteiger partial charge in [0.1, 0.15) is 0 Å². The zero-order valence-electron chi connectivity index (χ0n) is 9.36. The molecule has 0 aliphatic heterocycles. The highest BCUT2D eigenvalue weighted by atomic mass is 35.5. The molecule has 2 N–H and O–H groups in total. The standard InChI is InChI=1S/C11H14ClN5/c12-8-1-4-10-15-11(16-17(10)7-8)14-6-5-13-9-2-3-9/h1,4,7,9,13H,2-3,5-6H2,(H,14,16). The Balaban J connectivity index is 1.60. The fourth-order valence-electron chi connectivity index (χ4n) is 1.67. The number of nitrogens with zero attached hydrogens (tertiary/aromatic N) is 3. The number of hydrogen-bond acceptors (Lipinski definition) is 4. The van der Waals surface area contributed by atoms with Gasteiger partial charge in [-0.3, -0.25) is 0 Å². The SMILES string of the molecule is Clc1ccc2nc(NCCNC3CC3)nn2c1. The van der Waals surface area contributed by atoms with Crippen molar-refractivity contribution in [1.82, 2.24) is 19.9 Å². The molecule has 5 nitrogen and oxygen atoms in total. The summed E-state index contributed by atoms with van der Waals surface area (Å²) >= 11 is 5.88. The Morgan fingerprint density at radius 2 is 2.24 bits per heavy atom. The molecular formula is C11H14ClN5. The first-order valence-electron chi connectivity index (χ1n) is 5.80. The third kappa shape index (κ3) is 2.68. The van der Waals surface area contributed by atoms with Gasteiger partial charge < -0.3 is 10.6 Å². The molecule has 0 radical (unpaired) electrons. The van der Waals surface area contributed by atoms with Crippen molar-refractivity contribution in [2.24, 2.45) is 0 Å². The molecule has 3 rings (SSSR count). The third-order valence-electron chi connectivity index (χ3n) is 2.71. The maximum absolute atomic E-state index is 5.88. The van der Waals surface area contributed by atoms with E-state index in [4.69, 9.17) is 11.6 Å². The number of hydrogen-bond donors (Lipinski definition) is 2. The van der Waals surface area contributed by atoms with Crippen molar-refractivity contribution in [3.63, 3.8) is 0 Å². The van der Waals surface area contributed by atoms with Crippen LogP contribution in [0.1, 0.15) is 12.8 Å².